The van der Waals surface area contributed by atoms with E-state index in [-0.39, 0.29) is 24.4 Å². The Hall–Kier alpha value is -0.360. The number of carbonyl (C=O) groups excluding carboxylic acids is 1. The molecule has 3 atom stereocenters. The Morgan fingerprint density at radius 1 is 1.28 bits per heavy atom. The van der Waals surface area contributed by atoms with E-state index in [0.717, 1.165) is 12.8 Å². The minimum Gasteiger partial charge on any atom is -0.376 e. The molecule has 1 heterocycles. The topological polar surface area (TPSA) is 73.6 Å². The van der Waals surface area contributed by atoms with Crippen molar-refractivity contribution >= 4 is 18.3 Å². The molecular weight excluding hydrogens is 256 g/mol. The van der Waals surface area contributed by atoms with E-state index in [1.165, 1.54) is 12.8 Å². The highest BCUT2D eigenvalue weighted by Gasteiger charge is 2.29. The summed E-state index contributed by atoms with van der Waals surface area (Å²) in [6.45, 7) is 2.10. The first kappa shape index (κ1) is 15.7. The van der Waals surface area contributed by atoms with Crippen molar-refractivity contribution < 1.29 is 14.3 Å². The summed E-state index contributed by atoms with van der Waals surface area (Å²) in [5.41, 5.74) is 5.74. The molecule has 0 aromatic rings. The van der Waals surface area contributed by atoms with Gasteiger partial charge < -0.3 is 20.5 Å². The molecule has 1 aliphatic carbocycles. The van der Waals surface area contributed by atoms with Gasteiger partial charge in [0.1, 0.15) is 0 Å². The SMILES string of the molecule is Cl.NCC1CCCCC1NC(=O)C1COCCO1. The van der Waals surface area contributed by atoms with Gasteiger partial charge in [-0.05, 0) is 25.3 Å². The van der Waals surface area contributed by atoms with Crippen LogP contribution >= 0.6 is 12.4 Å². The molecule has 5 nitrogen and oxygen atoms in total. The van der Waals surface area contributed by atoms with E-state index in [1.807, 2.05) is 0 Å². The van der Waals surface area contributed by atoms with Crippen molar-refractivity contribution in [1.82, 2.24) is 5.32 Å². The zero-order chi connectivity index (χ0) is 12.1. The lowest BCUT2D eigenvalue weighted by molar-refractivity contribution is -0.148. The molecule has 106 valence electrons. The van der Waals surface area contributed by atoms with E-state index in [2.05, 4.69) is 5.32 Å². The largest absolute Gasteiger partial charge is 0.376 e. The van der Waals surface area contributed by atoms with Gasteiger partial charge in [0.25, 0.3) is 5.91 Å². The van der Waals surface area contributed by atoms with E-state index in [4.69, 9.17) is 15.2 Å². The highest BCUT2D eigenvalue weighted by molar-refractivity contribution is 5.85. The van der Waals surface area contributed by atoms with E-state index < -0.39 is 6.10 Å². The molecule has 1 saturated carbocycles. The first-order chi connectivity index (χ1) is 8.31. The van der Waals surface area contributed by atoms with Crippen LogP contribution in [0, 0.1) is 5.92 Å². The Balaban J connectivity index is 0.00000162. The highest BCUT2D eigenvalue weighted by Crippen LogP contribution is 2.23. The molecule has 1 saturated heterocycles. The van der Waals surface area contributed by atoms with Crippen LogP contribution < -0.4 is 11.1 Å². The molecular formula is C12H23ClN2O3. The van der Waals surface area contributed by atoms with E-state index in [9.17, 15) is 4.79 Å². The number of amides is 1. The number of hydrogen-bond donors (Lipinski definition) is 2. The van der Waals surface area contributed by atoms with Crippen LogP contribution in [0.15, 0.2) is 0 Å². The fraction of sp³-hybridized carbons (Fsp3) is 0.917. The van der Waals surface area contributed by atoms with E-state index in [0.29, 0.717) is 32.3 Å². The summed E-state index contributed by atoms with van der Waals surface area (Å²) in [6.07, 6.45) is 4.09. The van der Waals surface area contributed by atoms with Crippen molar-refractivity contribution in [2.24, 2.45) is 11.7 Å². The van der Waals surface area contributed by atoms with Crippen molar-refractivity contribution in [3.05, 3.63) is 0 Å². The molecule has 6 heteroatoms. The van der Waals surface area contributed by atoms with Gasteiger partial charge in [-0.1, -0.05) is 12.8 Å². The summed E-state index contributed by atoms with van der Waals surface area (Å²) in [7, 11) is 0. The molecule has 2 fully saturated rings. The molecule has 0 spiro atoms. The van der Waals surface area contributed by atoms with Crippen molar-refractivity contribution in [3.63, 3.8) is 0 Å². The molecule has 0 aromatic heterocycles. The lowest BCUT2D eigenvalue weighted by Crippen LogP contribution is -2.50. The van der Waals surface area contributed by atoms with Crippen molar-refractivity contribution in [1.29, 1.82) is 0 Å². The average molecular weight is 279 g/mol. The summed E-state index contributed by atoms with van der Waals surface area (Å²) in [6, 6.07) is 0.215. The number of nitrogens with one attached hydrogen (secondary N) is 1. The predicted octanol–water partition coefficient (Wildman–Crippen LogP) is 0.457. The van der Waals surface area contributed by atoms with Gasteiger partial charge in [-0.25, -0.2) is 0 Å². The van der Waals surface area contributed by atoms with Gasteiger partial charge in [0.2, 0.25) is 0 Å². The zero-order valence-electron chi connectivity index (χ0n) is 10.6. The van der Waals surface area contributed by atoms with Crippen LogP contribution in [0.3, 0.4) is 0 Å². The molecule has 1 amide bonds. The molecule has 1 aliphatic heterocycles. The fourth-order valence-corrected chi connectivity index (χ4v) is 2.59. The first-order valence-corrected chi connectivity index (χ1v) is 6.51. The predicted molar refractivity (Wildman–Crippen MR) is 70.8 cm³/mol. The minimum absolute atomic E-state index is 0. The summed E-state index contributed by atoms with van der Waals surface area (Å²) in [5.74, 6) is 0.368. The molecule has 2 aliphatic rings. The molecule has 3 unspecified atom stereocenters. The maximum Gasteiger partial charge on any atom is 0.251 e. The standard InChI is InChI=1S/C12H22N2O3.ClH/c13-7-9-3-1-2-4-10(9)14-12(15)11-8-16-5-6-17-11;/h9-11H,1-8,13H2,(H,14,15);1H. The van der Waals surface area contributed by atoms with Gasteiger partial charge in [0, 0.05) is 6.04 Å². The summed E-state index contributed by atoms with van der Waals surface area (Å²) in [4.78, 5) is 12.0. The monoisotopic (exact) mass is 278 g/mol. The quantitative estimate of drug-likeness (QED) is 0.787. The highest BCUT2D eigenvalue weighted by atomic mass is 35.5. The molecule has 3 N–H and O–H groups in total. The van der Waals surface area contributed by atoms with Gasteiger partial charge in [-0.2, -0.15) is 0 Å². The summed E-state index contributed by atoms with van der Waals surface area (Å²) >= 11 is 0. The second-order valence-corrected chi connectivity index (χ2v) is 4.83. The minimum atomic E-state index is -0.441. The molecule has 2 rings (SSSR count). The van der Waals surface area contributed by atoms with Gasteiger partial charge in [0.15, 0.2) is 6.10 Å². The summed E-state index contributed by atoms with van der Waals surface area (Å²) in [5, 5.41) is 3.07. The first-order valence-electron chi connectivity index (χ1n) is 6.51. The second kappa shape index (κ2) is 7.94. The Kier molecular flexibility index (Phi) is 6.92. The van der Waals surface area contributed by atoms with Crippen LogP contribution in [0.5, 0.6) is 0 Å². The Bertz CT molecular complexity index is 260. The number of nitrogens with two attached hydrogens (primary N) is 1. The Morgan fingerprint density at radius 3 is 2.72 bits per heavy atom. The smallest absolute Gasteiger partial charge is 0.251 e. The number of hydrogen-bond acceptors (Lipinski definition) is 4. The average Bonchev–Trinajstić information content (AvgIpc) is 2.40. The Morgan fingerprint density at radius 2 is 2.06 bits per heavy atom. The number of ether oxygens (including phenoxy) is 2. The molecule has 18 heavy (non-hydrogen) atoms. The fourth-order valence-electron chi connectivity index (χ4n) is 2.59. The second-order valence-electron chi connectivity index (χ2n) is 4.83. The van der Waals surface area contributed by atoms with Crippen molar-refractivity contribution in [2.45, 2.75) is 37.8 Å². The van der Waals surface area contributed by atoms with Crippen molar-refractivity contribution in [3.8, 4) is 0 Å². The summed E-state index contributed by atoms with van der Waals surface area (Å²) < 4.78 is 10.6. The zero-order valence-corrected chi connectivity index (χ0v) is 11.4. The molecule has 0 aromatic carbocycles. The van der Waals surface area contributed by atoms with E-state index >= 15 is 0 Å². The maximum atomic E-state index is 12.0. The number of rotatable bonds is 3. The van der Waals surface area contributed by atoms with Crippen LogP contribution in [0.2, 0.25) is 0 Å². The van der Waals surface area contributed by atoms with Gasteiger partial charge >= 0.3 is 0 Å². The molecule has 0 bridgehead atoms. The van der Waals surface area contributed by atoms with Crippen molar-refractivity contribution in [2.75, 3.05) is 26.4 Å². The van der Waals surface area contributed by atoms with Crippen LogP contribution in [-0.4, -0.2) is 44.4 Å². The van der Waals surface area contributed by atoms with Gasteiger partial charge in [-0.3, -0.25) is 4.79 Å². The Labute approximate surface area is 114 Å². The lowest BCUT2D eigenvalue weighted by Gasteiger charge is -2.33. The number of carbonyl (C=O) groups is 1. The van der Waals surface area contributed by atoms with Gasteiger partial charge in [0.05, 0.1) is 19.8 Å². The maximum absolute atomic E-state index is 12.0. The lowest BCUT2D eigenvalue weighted by atomic mass is 9.84. The van der Waals surface area contributed by atoms with Gasteiger partial charge in [-0.15, -0.1) is 12.4 Å². The number of halogens is 1. The van der Waals surface area contributed by atoms with E-state index in [1.54, 1.807) is 0 Å². The third-order valence-electron chi connectivity index (χ3n) is 3.65. The molecule has 0 radical (unpaired) electrons. The third kappa shape index (κ3) is 4.09. The van der Waals surface area contributed by atoms with Crippen LogP contribution in [0.1, 0.15) is 25.7 Å². The van der Waals surface area contributed by atoms with Crippen LogP contribution in [-0.2, 0) is 14.3 Å². The normalized spacial score (nSPS) is 32.4. The van der Waals surface area contributed by atoms with Crippen LogP contribution in [0.4, 0.5) is 0 Å². The van der Waals surface area contributed by atoms with Crippen LogP contribution in [0.25, 0.3) is 0 Å². The third-order valence-corrected chi connectivity index (χ3v) is 3.65.